The average molecular weight is 256 g/mol. The molecule has 0 bridgehead atoms. The molecule has 0 aromatic heterocycles. The highest BCUT2D eigenvalue weighted by Crippen LogP contribution is 2.25. The SMILES string of the molecule is [N-]=[N+]=NCCC=Cc1ccccc1N1CCCCC1. The van der Waals surface area contributed by atoms with Gasteiger partial charge in [-0.2, -0.15) is 0 Å². The van der Waals surface area contributed by atoms with Crippen molar-refractivity contribution in [3.05, 3.63) is 46.3 Å². The summed E-state index contributed by atoms with van der Waals surface area (Å²) in [7, 11) is 0. The fourth-order valence-corrected chi connectivity index (χ4v) is 2.44. The van der Waals surface area contributed by atoms with Gasteiger partial charge < -0.3 is 4.90 Å². The van der Waals surface area contributed by atoms with Crippen molar-refractivity contribution in [3.63, 3.8) is 0 Å². The lowest BCUT2D eigenvalue weighted by molar-refractivity contribution is 0.577. The van der Waals surface area contributed by atoms with Crippen LogP contribution < -0.4 is 4.90 Å². The second-order valence-electron chi connectivity index (χ2n) is 4.75. The molecule has 0 atom stereocenters. The molecule has 1 aliphatic rings. The molecule has 100 valence electrons. The highest BCUT2D eigenvalue weighted by molar-refractivity contribution is 5.67. The zero-order valence-electron chi connectivity index (χ0n) is 11.2. The van der Waals surface area contributed by atoms with Crippen LogP contribution in [0.5, 0.6) is 0 Å². The molecular formula is C15H20N4. The van der Waals surface area contributed by atoms with E-state index in [4.69, 9.17) is 5.53 Å². The molecule has 1 aromatic carbocycles. The number of rotatable bonds is 5. The number of hydrogen-bond acceptors (Lipinski definition) is 2. The summed E-state index contributed by atoms with van der Waals surface area (Å²) in [4.78, 5) is 5.22. The maximum atomic E-state index is 8.22. The number of piperidine rings is 1. The van der Waals surface area contributed by atoms with E-state index in [2.05, 4.69) is 51.3 Å². The Hall–Kier alpha value is -1.93. The summed E-state index contributed by atoms with van der Waals surface area (Å²) in [5, 5.41) is 3.53. The predicted octanol–water partition coefficient (Wildman–Crippen LogP) is 4.39. The molecule has 2 rings (SSSR count). The summed E-state index contributed by atoms with van der Waals surface area (Å²) in [5.41, 5.74) is 10.8. The van der Waals surface area contributed by atoms with E-state index >= 15 is 0 Å². The monoisotopic (exact) mass is 256 g/mol. The first kappa shape index (κ1) is 13.5. The van der Waals surface area contributed by atoms with Crippen LogP contribution in [-0.2, 0) is 0 Å². The number of nitrogens with zero attached hydrogens (tertiary/aromatic N) is 4. The van der Waals surface area contributed by atoms with Crippen LogP contribution in [0.4, 0.5) is 5.69 Å². The van der Waals surface area contributed by atoms with E-state index < -0.39 is 0 Å². The van der Waals surface area contributed by atoms with Crippen molar-refractivity contribution >= 4 is 11.8 Å². The van der Waals surface area contributed by atoms with Gasteiger partial charge in [-0.1, -0.05) is 35.5 Å². The van der Waals surface area contributed by atoms with Crippen LogP contribution in [0, 0.1) is 0 Å². The lowest BCUT2D eigenvalue weighted by Gasteiger charge is -2.30. The quantitative estimate of drug-likeness (QED) is 0.333. The van der Waals surface area contributed by atoms with Gasteiger partial charge in [0.1, 0.15) is 0 Å². The van der Waals surface area contributed by atoms with Gasteiger partial charge in [-0.3, -0.25) is 0 Å². The minimum absolute atomic E-state index is 0.527. The predicted molar refractivity (Wildman–Crippen MR) is 80.2 cm³/mol. The van der Waals surface area contributed by atoms with Crippen LogP contribution >= 0.6 is 0 Å². The average Bonchev–Trinajstić information content (AvgIpc) is 2.48. The number of benzene rings is 1. The van der Waals surface area contributed by atoms with Gasteiger partial charge in [0, 0.05) is 30.2 Å². The number of hydrogen-bond donors (Lipinski definition) is 0. The van der Waals surface area contributed by atoms with Gasteiger partial charge in [0.05, 0.1) is 0 Å². The summed E-state index contributed by atoms with van der Waals surface area (Å²) >= 11 is 0. The van der Waals surface area contributed by atoms with Crippen LogP contribution in [-0.4, -0.2) is 19.6 Å². The Morgan fingerprint density at radius 1 is 1.21 bits per heavy atom. The molecule has 0 unspecified atom stereocenters. The van der Waals surface area contributed by atoms with Gasteiger partial charge in [0.25, 0.3) is 0 Å². The number of anilines is 1. The largest absolute Gasteiger partial charge is 0.371 e. The van der Waals surface area contributed by atoms with Crippen LogP contribution in [0.25, 0.3) is 16.5 Å². The first-order chi connectivity index (χ1) is 9.42. The molecule has 0 N–H and O–H groups in total. The molecule has 19 heavy (non-hydrogen) atoms. The maximum absolute atomic E-state index is 8.22. The second kappa shape index (κ2) is 7.49. The van der Waals surface area contributed by atoms with E-state index in [1.165, 1.54) is 30.5 Å². The Balaban J connectivity index is 2.04. The van der Waals surface area contributed by atoms with Crippen LogP contribution in [0.1, 0.15) is 31.2 Å². The van der Waals surface area contributed by atoms with Gasteiger partial charge in [0.15, 0.2) is 0 Å². The van der Waals surface area contributed by atoms with Crippen LogP contribution in [0.15, 0.2) is 35.5 Å². The first-order valence-corrected chi connectivity index (χ1v) is 6.93. The Morgan fingerprint density at radius 2 is 2.00 bits per heavy atom. The molecule has 0 spiro atoms. The molecule has 4 heteroatoms. The van der Waals surface area contributed by atoms with E-state index in [1.807, 2.05) is 0 Å². The summed E-state index contributed by atoms with van der Waals surface area (Å²) < 4.78 is 0. The van der Waals surface area contributed by atoms with Crippen molar-refractivity contribution in [3.8, 4) is 0 Å². The van der Waals surface area contributed by atoms with Gasteiger partial charge in [0.2, 0.25) is 0 Å². The fraction of sp³-hybridized carbons (Fsp3) is 0.467. The van der Waals surface area contributed by atoms with Crippen molar-refractivity contribution in [2.45, 2.75) is 25.7 Å². The summed E-state index contributed by atoms with van der Waals surface area (Å²) in [6.45, 7) is 2.84. The van der Waals surface area contributed by atoms with Crippen molar-refractivity contribution in [1.82, 2.24) is 0 Å². The minimum atomic E-state index is 0.527. The summed E-state index contributed by atoms with van der Waals surface area (Å²) in [6.07, 6.45) is 8.93. The number of para-hydroxylation sites is 1. The lowest BCUT2D eigenvalue weighted by Crippen LogP contribution is -2.29. The lowest BCUT2D eigenvalue weighted by atomic mass is 10.1. The smallest absolute Gasteiger partial charge is 0.0439 e. The van der Waals surface area contributed by atoms with Crippen LogP contribution in [0.3, 0.4) is 0 Å². The summed E-state index contributed by atoms with van der Waals surface area (Å²) in [5.74, 6) is 0. The molecule has 1 aromatic rings. The van der Waals surface area contributed by atoms with Gasteiger partial charge in [-0.05, 0) is 42.8 Å². The zero-order chi connectivity index (χ0) is 13.3. The highest BCUT2D eigenvalue weighted by Gasteiger charge is 2.12. The zero-order valence-corrected chi connectivity index (χ0v) is 11.2. The van der Waals surface area contributed by atoms with Crippen LogP contribution in [0.2, 0.25) is 0 Å². The van der Waals surface area contributed by atoms with Crippen molar-refractivity contribution in [2.75, 3.05) is 24.5 Å². The van der Waals surface area contributed by atoms with Gasteiger partial charge >= 0.3 is 0 Å². The molecule has 0 aliphatic carbocycles. The first-order valence-electron chi connectivity index (χ1n) is 6.93. The molecule has 0 amide bonds. The normalized spacial score (nSPS) is 15.5. The molecule has 1 aliphatic heterocycles. The third-order valence-electron chi connectivity index (χ3n) is 3.39. The topological polar surface area (TPSA) is 52.0 Å². The van der Waals surface area contributed by atoms with Crippen molar-refractivity contribution in [2.24, 2.45) is 5.11 Å². The third-order valence-corrected chi connectivity index (χ3v) is 3.39. The van der Waals surface area contributed by atoms with E-state index in [-0.39, 0.29) is 0 Å². The van der Waals surface area contributed by atoms with Crippen molar-refractivity contribution in [1.29, 1.82) is 0 Å². The Morgan fingerprint density at radius 3 is 2.79 bits per heavy atom. The Kier molecular flexibility index (Phi) is 5.32. The van der Waals surface area contributed by atoms with E-state index in [9.17, 15) is 0 Å². The minimum Gasteiger partial charge on any atom is -0.371 e. The second-order valence-corrected chi connectivity index (χ2v) is 4.75. The van der Waals surface area contributed by atoms with Gasteiger partial charge in [-0.25, -0.2) is 0 Å². The molecule has 1 fully saturated rings. The molecule has 4 nitrogen and oxygen atoms in total. The highest BCUT2D eigenvalue weighted by atomic mass is 15.1. The third kappa shape index (κ3) is 4.04. The van der Waals surface area contributed by atoms with E-state index in [0.717, 1.165) is 19.5 Å². The molecule has 1 saturated heterocycles. The standard InChI is InChI=1S/C15H20N4/c16-18-17-11-5-4-9-14-8-2-3-10-15(14)19-12-6-1-7-13-19/h2-4,8-10H,1,5-7,11-13H2. The summed E-state index contributed by atoms with van der Waals surface area (Å²) in [6, 6.07) is 8.51. The molecule has 0 saturated carbocycles. The Labute approximate surface area is 114 Å². The number of azide groups is 1. The fourth-order valence-electron chi connectivity index (χ4n) is 2.44. The maximum Gasteiger partial charge on any atom is 0.0439 e. The van der Waals surface area contributed by atoms with E-state index in [0.29, 0.717) is 6.54 Å². The Bertz CT molecular complexity index is 469. The van der Waals surface area contributed by atoms with Crippen molar-refractivity contribution < 1.29 is 0 Å². The molecular weight excluding hydrogens is 236 g/mol. The van der Waals surface area contributed by atoms with E-state index in [1.54, 1.807) is 0 Å². The molecule has 1 heterocycles. The molecule has 0 radical (unpaired) electrons. The van der Waals surface area contributed by atoms with Gasteiger partial charge in [-0.15, -0.1) is 0 Å².